The molecule has 0 N–H and O–H groups in total. The predicted octanol–water partition coefficient (Wildman–Crippen LogP) is 4.87. The van der Waals surface area contributed by atoms with E-state index in [2.05, 4.69) is 43.3 Å². The average molecular weight is 405 g/mol. The zero-order chi connectivity index (χ0) is 21.2. The van der Waals surface area contributed by atoms with Gasteiger partial charge in [0.05, 0.1) is 12.5 Å². The first-order chi connectivity index (χ1) is 15.1. The molecule has 152 valence electrons. The van der Waals surface area contributed by atoms with E-state index in [0.29, 0.717) is 6.54 Å². The van der Waals surface area contributed by atoms with Gasteiger partial charge in [0.1, 0.15) is 5.41 Å². The van der Waals surface area contributed by atoms with E-state index in [1.54, 1.807) is 0 Å². The Morgan fingerprint density at radius 3 is 2.35 bits per heavy atom. The minimum atomic E-state index is -0.910. The van der Waals surface area contributed by atoms with Gasteiger partial charge in [-0.3, -0.25) is 14.5 Å². The minimum Gasteiger partial charge on any atom is -0.277 e. The molecule has 0 saturated carbocycles. The molecule has 1 aliphatic heterocycles. The van der Waals surface area contributed by atoms with Gasteiger partial charge in [0.2, 0.25) is 11.8 Å². The third-order valence-electron chi connectivity index (χ3n) is 7.35. The van der Waals surface area contributed by atoms with E-state index in [1.807, 2.05) is 54.6 Å². The first-order valence-corrected chi connectivity index (χ1v) is 10.9. The summed E-state index contributed by atoms with van der Waals surface area (Å²) in [4.78, 5) is 29.3. The van der Waals surface area contributed by atoms with Gasteiger partial charge in [-0.25, -0.2) is 0 Å². The smallest absolute Gasteiger partial charge is 0.244 e. The van der Waals surface area contributed by atoms with Crippen molar-refractivity contribution in [1.29, 1.82) is 0 Å². The molecule has 2 bridgehead atoms. The largest absolute Gasteiger partial charge is 0.277 e. The number of benzene rings is 3. The van der Waals surface area contributed by atoms with Crippen LogP contribution in [0.1, 0.15) is 39.7 Å². The highest BCUT2D eigenvalue weighted by molar-refractivity contribution is 6.13. The maximum Gasteiger partial charge on any atom is 0.244 e. The maximum atomic E-state index is 14.0. The molecule has 0 radical (unpaired) electrons. The number of hydrogen-bond acceptors (Lipinski definition) is 2. The fourth-order valence-corrected chi connectivity index (χ4v) is 5.95. The van der Waals surface area contributed by atoms with Gasteiger partial charge >= 0.3 is 0 Å². The lowest BCUT2D eigenvalue weighted by Crippen LogP contribution is -2.49. The number of hydrogen-bond donors (Lipinski definition) is 0. The fraction of sp³-hybridized carbons (Fsp3) is 0.214. The minimum absolute atomic E-state index is 0.0438. The number of nitrogens with zero attached hydrogens (tertiary/aromatic N) is 1. The van der Waals surface area contributed by atoms with Gasteiger partial charge in [0.25, 0.3) is 0 Å². The van der Waals surface area contributed by atoms with Gasteiger partial charge in [-0.05, 0) is 29.2 Å². The highest BCUT2D eigenvalue weighted by Gasteiger charge is 2.67. The lowest BCUT2D eigenvalue weighted by atomic mass is 9.51. The molecule has 3 aromatic rings. The normalized spacial score (nSPS) is 28.0. The quantitative estimate of drug-likeness (QED) is 0.461. The average Bonchev–Trinajstić information content (AvgIpc) is 3.03. The monoisotopic (exact) mass is 405 g/mol. The summed E-state index contributed by atoms with van der Waals surface area (Å²) in [5, 5.41) is 0. The van der Waals surface area contributed by atoms with E-state index in [0.717, 1.165) is 16.7 Å². The van der Waals surface area contributed by atoms with E-state index in [4.69, 9.17) is 0 Å². The topological polar surface area (TPSA) is 37.4 Å². The highest BCUT2D eigenvalue weighted by atomic mass is 16.2. The Morgan fingerprint density at radius 2 is 1.58 bits per heavy atom. The first kappa shape index (κ1) is 18.3. The van der Waals surface area contributed by atoms with E-state index in [-0.39, 0.29) is 23.7 Å². The second-order valence-corrected chi connectivity index (χ2v) is 8.97. The number of amides is 2. The first-order valence-electron chi connectivity index (χ1n) is 10.9. The number of carbonyl (C=O) groups is 2. The van der Waals surface area contributed by atoms with Crippen LogP contribution in [0, 0.1) is 12.8 Å². The van der Waals surface area contributed by atoms with Crippen molar-refractivity contribution in [2.45, 2.75) is 30.7 Å². The lowest BCUT2D eigenvalue weighted by molar-refractivity contribution is -0.140. The van der Waals surface area contributed by atoms with Crippen molar-refractivity contribution in [2.75, 3.05) is 0 Å². The van der Waals surface area contributed by atoms with Crippen LogP contribution in [0.3, 0.4) is 0 Å². The van der Waals surface area contributed by atoms with Crippen molar-refractivity contribution in [3.05, 3.63) is 119 Å². The van der Waals surface area contributed by atoms with Crippen LogP contribution in [0.5, 0.6) is 0 Å². The van der Waals surface area contributed by atoms with E-state index < -0.39 is 11.3 Å². The van der Waals surface area contributed by atoms with Gasteiger partial charge in [-0.2, -0.15) is 0 Å². The van der Waals surface area contributed by atoms with E-state index in [9.17, 15) is 9.59 Å². The summed E-state index contributed by atoms with van der Waals surface area (Å²) in [6.45, 7) is 2.39. The Bertz CT molecular complexity index is 1230. The molecule has 0 aromatic heterocycles. The summed E-state index contributed by atoms with van der Waals surface area (Å²) < 4.78 is 0. The van der Waals surface area contributed by atoms with Crippen LogP contribution in [0.25, 0.3) is 0 Å². The van der Waals surface area contributed by atoms with Crippen molar-refractivity contribution in [3.63, 3.8) is 0 Å². The Kier molecular flexibility index (Phi) is 3.85. The lowest BCUT2D eigenvalue weighted by Gasteiger charge is -2.48. The molecular weight excluding hydrogens is 382 g/mol. The molecule has 3 heteroatoms. The molecule has 2 amide bonds. The summed E-state index contributed by atoms with van der Waals surface area (Å²) in [7, 11) is 0. The van der Waals surface area contributed by atoms with E-state index in [1.165, 1.54) is 16.0 Å². The number of imide groups is 1. The van der Waals surface area contributed by atoms with Crippen LogP contribution in [-0.4, -0.2) is 16.7 Å². The zero-order valence-electron chi connectivity index (χ0n) is 17.4. The molecule has 7 rings (SSSR count). The molecule has 4 atom stereocenters. The van der Waals surface area contributed by atoms with Crippen molar-refractivity contribution in [1.82, 2.24) is 4.90 Å². The Hall–Kier alpha value is -3.46. The van der Waals surface area contributed by atoms with Crippen LogP contribution < -0.4 is 0 Å². The molecule has 0 unspecified atom stereocenters. The zero-order valence-corrected chi connectivity index (χ0v) is 17.4. The Balaban J connectivity index is 1.54. The second kappa shape index (κ2) is 6.52. The highest BCUT2D eigenvalue weighted by Crippen LogP contribution is 2.62. The predicted molar refractivity (Wildman–Crippen MR) is 119 cm³/mol. The summed E-state index contributed by atoms with van der Waals surface area (Å²) in [6.07, 6.45) is 4.20. The number of carbonyl (C=O) groups excluding carboxylic acids is 2. The molecule has 1 fully saturated rings. The summed E-state index contributed by atoms with van der Waals surface area (Å²) in [5.41, 5.74) is 4.56. The van der Waals surface area contributed by atoms with Crippen molar-refractivity contribution >= 4 is 11.8 Å². The molecular formula is C28H23NO2. The van der Waals surface area contributed by atoms with Crippen molar-refractivity contribution < 1.29 is 9.59 Å². The third-order valence-corrected chi connectivity index (χ3v) is 7.35. The van der Waals surface area contributed by atoms with Gasteiger partial charge in [-0.1, -0.05) is 96.6 Å². The Morgan fingerprint density at radius 1 is 0.871 bits per heavy atom. The molecule has 1 spiro atoms. The van der Waals surface area contributed by atoms with Crippen LogP contribution in [0.4, 0.5) is 0 Å². The van der Waals surface area contributed by atoms with Gasteiger partial charge in [0, 0.05) is 11.8 Å². The third kappa shape index (κ3) is 2.40. The molecule has 3 nitrogen and oxygen atoms in total. The number of aryl methyl sites for hydroxylation is 1. The van der Waals surface area contributed by atoms with Gasteiger partial charge in [0.15, 0.2) is 0 Å². The molecule has 3 aliphatic carbocycles. The number of allylic oxidation sites excluding steroid dienone is 1. The van der Waals surface area contributed by atoms with E-state index >= 15 is 0 Å². The molecule has 31 heavy (non-hydrogen) atoms. The van der Waals surface area contributed by atoms with Gasteiger partial charge < -0.3 is 0 Å². The fourth-order valence-electron chi connectivity index (χ4n) is 5.95. The molecule has 1 saturated heterocycles. The van der Waals surface area contributed by atoms with Crippen LogP contribution in [0.15, 0.2) is 91.0 Å². The summed E-state index contributed by atoms with van der Waals surface area (Å²) in [5.74, 6) is -0.498. The van der Waals surface area contributed by atoms with Crippen LogP contribution in [0.2, 0.25) is 0 Å². The van der Waals surface area contributed by atoms with Crippen LogP contribution >= 0.6 is 0 Å². The summed E-state index contributed by atoms with van der Waals surface area (Å²) in [6, 6.07) is 26.4. The molecule has 3 aromatic carbocycles. The van der Waals surface area contributed by atoms with Gasteiger partial charge in [-0.15, -0.1) is 0 Å². The number of rotatable bonds is 3. The second-order valence-electron chi connectivity index (χ2n) is 8.97. The van der Waals surface area contributed by atoms with Crippen molar-refractivity contribution in [2.24, 2.45) is 5.92 Å². The molecule has 1 heterocycles. The SMILES string of the molecule is Cc1ccc([C@@H]2[C@H]3C=C[C@]4(C(=O)N(Cc5ccccc5)C(=O)[C@@H]24)c2ccccc23)cc1. The standard InChI is InChI=1S/C28H23NO2/c1-18-11-13-20(14-12-18)24-22-15-16-28(23-10-6-5-9-21(22)23)25(24)26(30)29(27(28)31)17-19-7-3-2-4-8-19/h2-16,22,24-25H,17H2,1H3/t22-,24+,25+,28-/m0/s1. The molecule has 4 aliphatic rings. The maximum absolute atomic E-state index is 14.0. The Labute approximate surface area is 182 Å². The van der Waals surface area contributed by atoms with Crippen LogP contribution in [-0.2, 0) is 21.5 Å². The number of likely N-dealkylation sites (tertiary alicyclic amines) is 1. The van der Waals surface area contributed by atoms with Crippen molar-refractivity contribution in [3.8, 4) is 0 Å². The summed E-state index contributed by atoms with van der Waals surface area (Å²) >= 11 is 0.